The van der Waals surface area contributed by atoms with Crippen molar-refractivity contribution in [1.82, 2.24) is 9.78 Å². The van der Waals surface area contributed by atoms with Crippen LogP contribution in [0.2, 0.25) is 0 Å². The fourth-order valence-electron chi connectivity index (χ4n) is 2.33. The minimum absolute atomic E-state index is 0.0314. The van der Waals surface area contributed by atoms with Gasteiger partial charge in [0, 0.05) is 11.3 Å². The minimum atomic E-state index is -0.843. The van der Waals surface area contributed by atoms with E-state index in [-0.39, 0.29) is 6.42 Å². The number of rotatable bonds is 5. The molecule has 0 radical (unpaired) electrons. The second-order valence-corrected chi connectivity index (χ2v) is 5.77. The number of hydrogen-bond acceptors (Lipinski definition) is 4. The van der Waals surface area contributed by atoms with Crippen LogP contribution in [0.15, 0.2) is 47.8 Å². The fraction of sp³-hybridized carbons (Fsp3) is 0.125. The maximum absolute atomic E-state index is 10.9. The first-order chi connectivity index (χ1) is 10.7. The number of aryl methyl sites for hydroxylation is 1. The van der Waals surface area contributed by atoms with E-state index in [1.165, 1.54) is 0 Å². The molecule has 22 heavy (non-hydrogen) atoms. The summed E-state index contributed by atoms with van der Waals surface area (Å²) in [7, 11) is 0. The summed E-state index contributed by atoms with van der Waals surface area (Å²) in [4.78, 5) is 11.9. The highest BCUT2D eigenvalue weighted by atomic mass is 32.1. The number of thiophene rings is 1. The summed E-state index contributed by atoms with van der Waals surface area (Å²) in [5.74, 6) is -0.306. The van der Waals surface area contributed by atoms with Crippen LogP contribution in [0.3, 0.4) is 0 Å². The number of carboxylic acids is 1. The van der Waals surface area contributed by atoms with Gasteiger partial charge in [-0.2, -0.15) is 5.10 Å². The number of nitrogens with two attached hydrogens (primary N) is 1. The van der Waals surface area contributed by atoms with Crippen molar-refractivity contribution in [2.24, 2.45) is 0 Å². The molecular weight excluding hydrogens is 298 g/mol. The molecule has 0 aliphatic carbocycles. The molecule has 0 aliphatic heterocycles. The molecule has 0 saturated heterocycles. The zero-order chi connectivity index (χ0) is 15.5. The Kier molecular flexibility index (Phi) is 3.93. The predicted octanol–water partition coefficient (Wildman–Crippen LogP) is 3.20. The maximum atomic E-state index is 10.9. The molecule has 0 saturated carbocycles. The third-order valence-electron chi connectivity index (χ3n) is 3.34. The molecule has 2 heterocycles. The number of aliphatic carboxylic acids is 1. The fourth-order valence-corrected chi connectivity index (χ4v) is 3.14. The predicted molar refractivity (Wildman–Crippen MR) is 87.2 cm³/mol. The number of carboxylic acid groups (broad SMARTS) is 1. The van der Waals surface area contributed by atoms with Gasteiger partial charge in [-0.1, -0.05) is 24.3 Å². The van der Waals surface area contributed by atoms with E-state index in [0.717, 1.165) is 16.1 Å². The van der Waals surface area contributed by atoms with Gasteiger partial charge in [0.25, 0.3) is 0 Å². The Hall–Kier alpha value is -2.60. The summed E-state index contributed by atoms with van der Waals surface area (Å²) in [5.41, 5.74) is 8.70. The zero-order valence-corrected chi connectivity index (χ0v) is 12.6. The van der Waals surface area contributed by atoms with Crippen LogP contribution in [0.5, 0.6) is 0 Å². The lowest BCUT2D eigenvalue weighted by molar-refractivity contribution is -0.136. The first-order valence-electron chi connectivity index (χ1n) is 6.85. The van der Waals surface area contributed by atoms with E-state index >= 15 is 0 Å². The van der Waals surface area contributed by atoms with Gasteiger partial charge in [-0.3, -0.25) is 4.79 Å². The summed E-state index contributed by atoms with van der Waals surface area (Å²) in [6.45, 7) is 0. The van der Waals surface area contributed by atoms with Crippen molar-refractivity contribution in [2.45, 2.75) is 12.8 Å². The second kappa shape index (κ2) is 6.03. The number of para-hydroxylation sites is 1. The molecule has 0 unspecified atom stereocenters. The number of anilines is 1. The third-order valence-corrected chi connectivity index (χ3v) is 4.22. The quantitative estimate of drug-likeness (QED) is 0.758. The number of benzene rings is 1. The molecule has 0 fully saturated rings. The van der Waals surface area contributed by atoms with E-state index < -0.39 is 5.97 Å². The highest BCUT2D eigenvalue weighted by Crippen LogP contribution is 2.35. The molecule has 112 valence electrons. The van der Waals surface area contributed by atoms with Crippen molar-refractivity contribution in [3.05, 3.63) is 53.5 Å². The lowest BCUT2D eigenvalue weighted by atomic mass is 10.1. The van der Waals surface area contributed by atoms with Gasteiger partial charge in [-0.25, -0.2) is 4.68 Å². The maximum Gasteiger partial charge on any atom is 0.303 e. The second-order valence-electron chi connectivity index (χ2n) is 4.83. The van der Waals surface area contributed by atoms with Crippen LogP contribution >= 0.6 is 11.3 Å². The monoisotopic (exact) mass is 313 g/mol. The largest absolute Gasteiger partial charge is 0.481 e. The molecule has 0 aliphatic rings. The molecule has 1 aromatic carbocycles. The Morgan fingerprint density at radius 2 is 2.00 bits per heavy atom. The zero-order valence-electron chi connectivity index (χ0n) is 11.8. The number of hydrogen-bond donors (Lipinski definition) is 2. The number of carbonyl (C=O) groups is 1. The summed E-state index contributed by atoms with van der Waals surface area (Å²) in [5, 5.41) is 15.4. The normalized spacial score (nSPS) is 10.7. The summed E-state index contributed by atoms with van der Waals surface area (Å²) in [6.07, 6.45) is 0.385. The van der Waals surface area contributed by atoms with E-state index in [1.807, 2.05) is 47.8 Å². The van der Waals surface area contributed by atoms with Crippen molar-refractivity contribution in [2.75, 3.05) is 5.73 Å². The molecule has 3 rings (SSSR count). The lowest BCUT2D eigenvalue weighted by Gasteiger charge is -2.03. The number of nitrogens with zero attached hydrogens (tertiary/aromatic N) is 2. The summed E-state index contributed by atoms with van der Waals surface area (Å²) in [6, 6.07) is 13.5. The summed E-state index contributed by atoms with van der Waals surface area (Å²) >= 11 is 1.57. The lowest BCUT2D eigenvalue weighted by Crippen LogP contribution is -2.02. The molecule has 0 bridgehead atoms. The van der Waals surface area contributed by atoms with Crippen LogP contribution in [0, 0.1) is 0 Å². The van der Waals surface area contributed by atoms with Crippen LogP contribution in [0.1, 0.15) is 12.1 Å². The molecule has 0 atom stereocenters. The Labute approximate surface area is 131 Å². The van der Waals surface area contributed by atoms with Crippen molar-refractivity contribution in [1.29, 1.82) is 0 Å². The van der Waals surface area contributed by atoms with E-state index in [2.05, 4.69) is 5.10 Å². The average Bonchev–Trinajstić information content (AvgIpc) is 3.13. The van der Waals surface area contributed by atoms with Gasteiger partial charge < -0.3 is 10.8 Å². The standard InChI is InChI=1S/C16H15N3O2S/c17-16-15(13-7-4-10-22-13)12(8-9-14(20)21)18-19(16)11-5-2-1-3-6-11/h1-7,10H,8-9,17H2,(H,20,21). The van der Waals surface area contributed by atoms with Crippen LogP contribution in [-0.2, 0) is 11.2 Å². The molecule has 0 amide bonds. The van der Waals surface area contributed by atoms with Gasteiger partial charge in [-0.15, -0.1) is 11.3 Å². The summed E-state index contributed by atoms with van der Waals surface area (Å²) < 4.78 is 1.67. The van der Waals surface area contributed by atoms with Gasteiger partial charge in [0.05, 0.1) is 23.4 Å². The van der Waals surface area contributed by atoms with Crippen LogP contribution in [0.4, 0.5) is 5.82 Å². The van der Waals surface area contributed by atoms with Crippen molar-refractivity contribution < 1.29 is 9.90 Å². The minimum Gasteiger partial charge on any atom is -0.481 e. The van der Waals surface area contributed by atoms with Gasteiger partial charge in [0.2, 0.25) is 0 Å². The first-order valence-corrected chi connectivity index (χ1v) is 7.73. The van der Waals surface area contributed by atoms with Crippen molar-refractivity contribution in [3.8, 4) is 16.1 Å². The van der Waals surface area contributed by atoms with Gasteiger partial charge in [-0.05, 0) is 23.6 Å². The van der Waals surface area contributed by atoms with Gasteiger partial charge >= 0.3 is 5.97 Å². The van der Waals surface area contributed by atoms with E-state index in [4.69, 9.17) is 10.8 Å². The number of aromatic nitrogens is 2. The van der Waals surface area contributed by atoms with Crippen LogP contribution < -0.4 is 5.73 Å². The topological polar surface area (TPSA) is 81.1 Å². The van der Waals surface area contributed by atoms with E-state index in [0.29, 0.717) is 17.9 Å². The van der Waals surface area contributed by atoms with Gasteiger partial charge in [0.1, 0.15) is 5.82 Å². The SMILES string of the molecule is Nc1c(-c2cccs2)c(CCC(=O)O)nn1-c1ccccc1. The van der Waals surface area contributed by atoms with E-state index in [1.54, 1.807) is 16.0 Å². The highest BCUT2D eigenvalue weighted by Gasteiger charge is 2.19. The van der Waals surface area contributed by atoms with Gasteiger partial charge in [0.15, 0.2) is 0 Å². The molecular formula is C16H15N3O2S. The average molecular weight is 313 g/mol. The molecule has 3 aromatic rings. The molecule has 0 spiro atoms. The Bertz CT molecular complexity index is 779. The smallest absolute Gasteiger partial charge is 0.303 e. The Morgan fingerprint density at radius 1 is 1.23 bits per heavy atom. The highest BCUT2D eigenvalue weighted by molar-refractivity contribution is 7.13. The molecule has 5 nitrogen and oxygen atoms in total. The van der Waals surface area contributed by atoms with Crippen molar-refractivity contribution in [3.63, 3.8) is 0 Å². The van der Waals surface area contributed by atoms with Crippen LogP contribution in [-0.4, -0.2) is 20.9 Å². The first kappa shape index (κ1) is 14.3. The number of nitrogen functional groups attached to an aromatic ring is 1. The van der Waals surface area contributed by atoms with E-state index in [9.17, 15) is 4.79 Å². The van der Waals surface area contributed by atoms with Crippen molar-refractivity contribution >= 4 is 23.1 Å². The molecule has 2 aromatic heterocycles. The molecule has 6 heteroatoms. The third kappa shape index (κ3) is 2.73. The molecule has 3 N–H and O–H groups in total. The Balaban J connectivity index is 2.10. The van der Waals surface area contributed by atoms with Crippen LogP contribution in [0.25, 0.3) is 16.1 Å². The Morgan fingerprint density at radius 3 is 2.64 bits per heavy atom.